The first-order valence-electron chi connectivity index (χ1n) is 4.99. The van der Waals surface area contributed by atoms with Crippen molar-refractivity contribution in [2.75, 3.05) is 6.61 Å². The van der Waals surface area contributed by atoms with E-state index in [0.29, 0.717) is 0 Å². The van der Waals surface area contributed by atoms with Crippen LogP contribution in [0, 0.1) is 11.3 Å². The van der Waals surface area contributed by atoms with Crippen LogP contribution in [0.25, 0.3) is 0 Å². The largest absolute Gasteiger partial charge is 0.481 e. The lowest BCUT2D eigenvalue weighted by Gasteiger charge is -2.28. The van der Waals surface area contributed by atoms with E-state index in [9.17, 15) is 4.79 Å². The van der Waals surface area contributed by atoms with Crippen molar-refractivity contribution in [3.05, 3.63) is 0 Å². The fourth-order valence-electron chi connectivity index (χ4n) is 2.37. The summed E-state index contributed by atoms with van der Waals surface area (Å²) in [5.41, 5.74) is -0.0632. The molecule has 0 aromatic heterocycles. The molecule has 1 saturated carbocycles. The van der Waals surface area contributed by atoms with E-state index < -0.39 is 5.97 Å². The zero-order chi connectivity index (χ0) is 9.47. The summed E-state index contributed by atoms with van der Waals surface area (Å²) < 4.78 is 5.62. The minimum atomic E-state index is -0.656. The van der Waals surface area contributed by atoms with Crippen LogP contribution in [0.4, 0.5) is 0 Å². The summed E-state index contributed by atoms with van der Waals surface area (Å²) in [7, 11) is 0. The second-order valence-corrected chi connectivity index (χ2v) is 4.46. The molecule has 1 unspecified atom stereocenters. The van der Waals surface area contributed by atoms with Crippen molar-refractivity contribution in [2.45, 2.75) is 38.7 Å². The highest BCUT2D eigenvalue weighted by Gasteiger charge is 2.59. The Balaban J connectivity index is 1.97. The maximum absolute atomic E-state index is 10.8. The van der Waals surface area contributed by atoms with Gasteiger partial charge >= 0.3 is 5.97 Å². The van der Waals surface area contributed by atoms with E-state index in [4.69, 9.17) is 9.84 Å². The molecule has 13 heavy (non-hydrogen) atoms. The van der Waals surface area contributed by atoms with Crippen LogP contribution in [0.5, 0.6) is 0 Å². The quantitative estimate of drug-likeness (QED) is 0.710. The Bertz CT molecular complexity index is 220. The van der Waals surface area contributed by atoms with E-state index in [1.807, 2.05) is 6.92 Å². The third-order valence-corrected chi connectivity index (χ3v) is 3.49. The number of ether oxygens (including phenoxy) is 1. The highest BCUT2D eigenvalue weighted by atomic mass is 16.5. The lowest BCUT2D eigenvalue weighted by Crippen LogP contribution is -2.30. The molecule has 3 heteroatoms. The van der Waals surface area contributed by atoms with Crippen molar-refractivity contribution in [3.8, 4) is 0 Å². The van der Waals surface area contributed by atoms with Gasteiger partial charge < -0.3 is 9.84 Å². The summed E-state index contributed by atoms with van der Waals surface area (Å²) >= 11 is 0. The van der Waals surface area contributed by atoms with Crippen LogP contribution < -0.4 is 0 Å². The van der Waals surface area contributed by atoms with Crippen LogP contribution in [0.2, 0.25) is 0 Å². The van der Waals surface area contributed by atoms with Crippen LogP contribution in [0.1, 0.15) is 32.6 Å². The minimum Gasteiger partial charge on any atom is -0.481 e. The fraction of sp³-hybridized carbons (Fsp3) is 0.900. The molecule has 1 aliphatic carbocycles. The van der Waals surface area contributed by atoms with Gasteiger partial charge in [-0.1, -0.05) is 6.92 Å². The summed E-state index contributed by atoms with van der Waals surface area (Å²) in [4.78, 5) is 10.8. The van der Waals surface area contributed by atoms with E-state index in [0.717, 1.165) is 25.9 Å². The van der Waals surface area contributed by atoms with E-state index in [1.165, 1.54) is 6.42 Å². The molecule has 2 fully saturated rings. The van der Waals surface area contributed by atoms with Crippen molar-refractivity contribution < 1.29 is 14.6 Å². The molecule has 0 spiro atoms. The van der Waals surface area contributed by atoms with Crippen molar-refractivity contribution in [2.24, 2.45) is 11.3 Å². The van der Waals surface area contributed by atoms with Gasteiger partial charge in [-0.05, 0) is 25.7 Å². The van der Waals surface area contributed by atoms with E-state index >= 15 is 0 Å². The van der Waals surface area contributed by atoms with Gasteiger partial charge in [0.25, 0.3) is 0 Å². The van der Waals surface area contributed by atoms with E-state index in [2.05, 4.69) is 0 Å². The second kappa shape index (κ2) is 2.98. The first-order valence-corrected chi connectivity index (χ1v) is 4.99. The van der Waals surface area contributed by atoms with Crippen LogP contribution in [0.15, 0.2) is 0 Å². The molecule has 1 heterocycles. The number of aliphatic carboxylic acids is 1. The Morgan fingerprint density at radius 2 is 2.31 bits per heavy atom. The van der Waals surface area contributed by atoms with Gasteiger partial charge in [-0.3, -0.25) is 4.79 Å². The first kappa shape index (κ1) is 9.00. The molecule has 3 nitrogen and oxygen atoms in total. The SMILES string of the molecule is C[C@]1(C2CCCCO2)C[C@@H]1C(=O)O. The molecule has 2 aliphatic rings. The van der Waals surface area contributed by atoms with Crippen LogP contribution >= 0.6 is 0 Å². The molecule has 1 saturated heterocycles. The second-order valence-electron chi connectivity index (χ2n) is 4.46. The smallest absolute Gasteiger partial charge is 0.307 e. The van der Waals surface area contributed by atoms with Crippen LogP contribution in [-0.4, -0.2) is 23.8 Å². The average Bonchev–Trinajstić information content (AvgIpc) is 2.82. The lowest BCUT2D eigenvalue weighted by molar-refractivity contribution is -0.140. The van der Waals surface area contributed by atoms with Gasteiger partial charge in [0.05, 0.1) is 12.0 Å². The summed E-state index contributed by atoms with van der Waals surface area (Å²) in [5, 5.41) is 8.86. The first-order chi connectivity index (χ1) is 6.14. The standard InChI is InChI=1S/C10H16O3/c1-10(6-7(10)9(11)12)8-4-2-3-5-13-8/h7-8H,2-6H2,1H3,(H,11,12)/t7-,8?,10+/m1/s1. The van der Waals surface area contributed by atoms with Gasteiger partial charge in [0.2, 0.25) is 0 Å². The molecule has 0 aromatic carbocycles. The lowest BCUT2D eigenvalue weighted by atomic mass is 9.92. The number of carboxylic acids is 1. The van der Waals surface area contributed by atoms with Gasteiger partial charge in [-0.25, -0.2) is 0 Å². The maximum Gasteiger partial charge on any atom is 0.307 e. The third kappa shape index (κ3) is 1.46. The predicted molar refractivity (Wildman–Crippen MR) is 47.4 cm³/mol. The zero-order valence-corrected chi connectivity index (χ0v) is 7.95. The van der Waals surface area contributed by atoms with Gasteiger partial charge in [-0.2, -0.15) is 0 Å². The Hall–Kier alpha value is -0.570. The highest BCUT2D eigenvalue weighted by Crippen LogP contribution is 2.57. The number of rotatable bonds is 2. The topological polar surface area (TPSA) is 46.5 Å². The minimum absolute atomic E-state index is 0.0632. The Kier molecular flexibility index (Phi) is 2.06. The molecule has 74 valence electrons. The Morgan fingerprint density at radius 1 is 1.54 bits per heavy atom. The molecule has 0 bridgehead atoms. The van der Waals surface area contributed by atoms with E-state index in [-0.39, 0.29) is 17.4 Å². The summed E-state index contributed by atoms with van der Waals surface area (Å²) in [6.07, 6.45) is 4.35. The summed E-state index contributed by atoms with van der Waals surface area (Å²) in [5.74, 6) is -0.813. The number of hydrogen-bond donors (Lipinski definition) is 1. The summed E-state index contributed by atoms with van der Waals surface area (Å²) in [6, 6.07) is 0. The van der Waals surface area contributed by atoms with Crippen molar-refractivity contribution in [1.29, 1.82) is 0 Å². The molecule has 3 atom stereocenters. The van der Waals surface area contributed by atoms with Gasteiger partial charge in [0.15, 0.2) is 0 Å². The molecule has 2 rings (SSSR count). The zero-order valence-electron chi connectivity index (χ0n) is 7.95. The molecule has 1 N–H and O–H groups in total. The van der Waals surface area contributed by atoms with Crippen molar-refractivity contribution >= 4 is 5.97 Å². The van der Waals surface area contributed by atoms with Gasteiger partial charge in [-0.15, -0.1) is 0 Å². The molecule has 0 radical (unpaired) electrons. The van der Waals surface area contributed by atoms with Crippen molar-refractivity contribution in [1.82, 2.24) is 0 Å². The Morgan fingerprint density at radius 3 is 2.77 bits per heavy atom. The van der Waals surface area contributed by atoms with Crippen LogP contribution in [-0.2, 0) is 9.53 Å². The fourth-order valence-corrected chi connectivity index (χ4v) is 2.37. The van der Waals surface area contributed by atoms with Gasteiger partial charge in [0.1, 0.15) is 0 Å². The highest BCUT2D eigenvalue weighted by molar-refractivity contribution is 5.74. The van der Waals surface area contributed by atoms with Crippen LogP contribution in [0.3, 0.4) is 0 Å². The van der Waals surface area contributed by atoms with Gasteiger partial charge in [0, 0.05) is 12.0 Å². The summed E-state index contributed by atoms with van der Waals surface area (Å²) in [6.45, 7) is 2.86. The molecular weight excluding hydrogens is 168 g/mol. The number of carbonyl (C=O) groups is 1. The average molecular weight is 184 g/mol. The Labute approximate surface area is 78.1 Å². The van der Waals surface area contributed by atoms with Crippen molar-refractivity contribution in [3.63, 3.8) is 0 Å². The maximum atomic E-state index is 10.8. The number of hydrogen-bond acceptors (Lipinski definition) is 2. The molecule has 0 amide bonds. The normalized spacial score (nSPS) is 44.4. The third-order valence-electron chi connectivity index (χ3n) is 3.49. The molecule has 0 aromatic rings. The molecule has 1 aliphatic heterocycles. The molecular formula is C10H16O3. The number of carboxylic acid groups (broad SMARTS) is 1. The predicted octanol–water partition coefficient (Wildman–Crippen LogP) is 1.67. The monoisotopic (exact) mass is 184 g/mol. The van der Waals surface area contributed by atoms with E-state index in [1.54, 1.807) is 0 Å².